The number of carbonyl (C=O) groups excluding carboxylic acids is 1. The molecule has 0 saturated heterocycles. The van der Waals surface area contributed by atoms with Crippen molar-refractivity contribution in [3.8, 4) is 11.8 Å². The first-order valence-corrected chi connectivity index (χ1v) is 2.83. The van der Waals surface area contributed by atoms with E-state index in [2.05, 4.69) is 5.92 Å². The third-order valence-electron chi connectivity index (χ3n) is 0.669. The molecule has 0 saturated carbocycles. The Balaban J connectivity index is 4.06. The Labute approximate surface area is 59.0 Å². The van der Waals surface area contributed by atoms with Gasteiger partial charge in [-0.3, -0.25) is 4.79 Å². The molecule has 0 fully saturated rings. The SMILES string of the molecule is CC(C)C#CC(=O)C(=O)O. The summed E-state index contributed by atoms with van der Waals surface area (Å²) in [6.45, 7) is 3.56. The molecule has 3 nitrogen and oxygen atoms in total. The summed E-state index contributed by atoms with van der Waals surface area (Å²) in [7, 11) is 0. The van der Waals surface area contributed by atoms with Gasteiger partial charge in [-0.2, -0.15) is 0 Å². The van der Waals surface area contributed by atoms with E-state index in [1.165, 1.54) is 0 Å². The lowest BCUT2D eigenvalue weighted by atomic mass is 10.2. The molecule has 0 heterocycles. The standard InChI is InChI=1S/C7H8O3/c1-5(2)3-4-6(8)7(9)10/h5H,1-2H3,(H,9,10). The first kappa shape index (κ1) is 8.70. The molecule has 0 bridgehead atoms. The van der Waals surface area contributed by atoms with Crippen molar-refractivity contribution in [2.75, 3.05) is 0 Å². The van der Waals surface area contributed by atoms with Crippen LogP contribution in [0.2, 0.25) is 0 Å². The second-order valence-electron chi connectivity index (χ2n) is 2.06. The summed E-state index contributed by atoms with van der Waals surface area (Å²) in [5.74, 6) is 1.93. The molecule has 0 aromatic heterocycles. The van der Waals surface area contributed by atoms with Crippen LogP contribution in [-0.4, -0.2) is 16.9 Å². The molecule has 0 spiro atoms. The molecular formula is C7H8O3. The van der Waals surface area contributed by atoms with Crippen LogP contribution >= 0.6 is 0 Å². The maximum atomic E-state index is 10.3. The second kappa shape index (κ2) is 3.67. The van der Waals surface area contributed by atoms with Crippen LogP contribution in [0.4, 0.5) is 0 Å². The largest absolute Gasteiger partial charge is 0.475 e. The van der Waals surface area contributed by atoms with Crippen LogP contribution in [0.1, 0.15) is 13.8 Å². The second-order valence-corrected chi connectivity index (χ2v) is 2.06. The van der Waals surface area contributed by atoms with Gasteiger partial charge < -0.3 is 5.11 Å². The van der Waals surface area contributed by atoms with E-state index >= 15 is 0 Å². The maximum absolute atomic E-state index is 10.3. The Bertz CT molecular complexity index is 205. The summed E-state index contributed by atoms with van der Waals surface area (Å²) >= 11 is 0. The lowest BCUT2D eigenvalue weighted by molar-refractivity contribution is -0.146. The quantitative estimate of drug-likeness (QED) is 0.324. The number of carboxylic acid groups (broad SMARTS) is 1. The summed E-state index contributed by atoms with van der Waals surface area (Å²) < 4.78 is 0. The minimum atomic E-state index is -1.49. The van der Waals surface area contributed by atoms with E-state index in [9.17, 15) is 9.59 Å². The molecule has 54 valence electrons. The molecule has 0 aliphatic heterocycles. The van der Waals surface area contributed by atoms with Crippen LogP contribution in [0.15, 0.2) is 0 Å². The van der Waals surface area contributed by atoms with Crippen molar-refractivity contribution >= 4 is 11.8 Å². The summed E-state index contributed by atoms with van der Waals surface area (Å²) in [6, 6.07) is 0. The van der Waals surface area contributed by atoms with Crippen molar-refractivity contribution in [2.45, 2.75) is 13.8 Å². The minimum Gasteiger partial charge on any atom is -0.475 e. The lowest BCUT2D eigenvalue weighted by Gasteiger charge is -1.84. The summed E-state index contributed by atoms with van der Waals surface area (Å²) in [6.07, 6.45) is 0. The molecule has 0 aliphatic carbocycles. The van der Waals surface area contributed by atoms with Gasteiger partial charge in [-0.1, -0.05) is 19.8 Å². The van der Waals surface area contributed by atoms with E-state index in [1.807, 2.05) is 5.92 Å². The predicted octanol–water partition coefficient (Wildman–Crippen LogP) is 0.299. The number of carbonyl (C=O) groups is 2. The van der Waals surface area contributed by atoms with Gasteiger partial charge >= 0.3 is 11.8 Å². The van der Waals surface area contributed by atoms with E-state index in [-0.39, 0.29) is 5.92 Å². The summed E-state index contributed by atoms with van der Waals surface area (Å²) in [5.41, 5.74) is 0. The molecule has 0 aromatic rings. The smallest absolute Gasteiger partial charge is 0.385 e. The van der Waals surface area contributed by atoms with Gasteiger partial charge in [-0.15, -0.1) is 0 Å². The van der Waals surface area contributed by atoms with Gasteiger partial charge in [0.05, 0.1) is 0 Å². The molecule has 0 rings (SSSR count). The highest BCUT2D eigenvalue weighted by atomic mass is 16.4. The minimum absolute atomic E-state index is 0.0308. The highest BCUT2D eigenvalue weighted by Gasteiger charge is 2.05. The van der Waals surface area contributed by atoms with Crippen molar-refractivity contribution in [2.24, 2.45) is 5.92 Å². The first-order valence-electron chi connectivity index (χ1n) is 2.83. The van der Waals surface area contributed by atoms with Crippen LogP contribution < -0.4 is 0 Å². The molecule has 3 heteroatoms. The van der Waals surface area contributed by atoms with Gasteiger partial charge in [-0.25, -0.2) is 4.79 Å². The Morgan fingerprint density at radius 3 is 2.20 bits per heavy atom. The molecule has 0 radical (unpaired) electrons. The van der Waals surface area contributed by atoms with Gasteiger partial charge in [0.1, 0.15) is 0 Å². The monoisotopic (exact) mass is 140 g/mol. The normalized spacial score (nSPS) is 8.30. The zero-order valence-corrected chi connectivity index (χ0v) is 5.84. The fraction of sp³-hybridized carbons (Fsp3) is 0.429. The fourth-order valence-corrected chi connectivity index (χ4v) is 0.263. The molecule has 0 atom stereocenters. The molecule has 0 aliphatic rings. The Kier molecular flexibility index (Phi) is 3.20. The molecule has 10 heavy (non-hydrogen) atoms. The average molecular weight is 140 g/mol. The topological polar surface area (TPSA) is 54.4 Å². The van der Waals surface area contributed by atoms with Crippen molar-refractivity contribution in [1.82, 2.24) is 0 Å². The highest BCUT2D eigenvalue weighted by molar-refractivity contribution is 6.40. The average Bonchev–Trinajstić information content (AvgIpc) is 1.82. The zero-order valence-electron chi connectivity index (χ0n) is 5.84. The molecule has 0 amide bonds. The van der Waals surface area contributed by atoms with Crippen LogP contribution in [0, 0.1) is 17.8 Å². The van der Waals surface area contributed by atoms with E-state index in [4.69, 9.17) is 5.11 Å². The maximum Gasteiger partial charge on any atom is 0.385 e. The number of ketones is 1. The van der Waals surface area contributed by atoms with Gasteiger partial charge in [0.15, 0.2) is 0 Å². The van der Waals surface area contributed by atoms with E-state index in [0.717, 1.165) is 0 Å². The first-order chi connectivity index (χ1) is 4.54. The van der Waals surface area contributed by atoms with Gasteiger partial charge in [-0.05, 0) is 5.92 Å². The van der Waals surface area contributed by atoms with Gasteiger partial charge in [0.2, 0.25) is 0 Å². The van der Waals surface area contributed by atoms with E-state index in [0.29, 0.717) is 0 Å². The molecular weight excluding hydrogens is 132 g/mol. The zero-order chi connectivity index (χ0) is 8.15. The third-order valence-corrected chi connectivity index (χ3v) is 0.669. The molecule has 0 unspecified atom stereocenters. The Morgan fingerprint density at radius 2 is 1.90 bits per heavy atom. The number of aliphatic carboxylic acids is 1. The van der Waals surface area contributed by atoms with Crippen LogP contribution in [0.3, 0.4) is 0 Å². The van der Waals surface area contributed by atoms with E-state index in [1.54, 1.807) is 13.8 Å². The molecule has 0 aromatic carbocycles. The third kappa shape index (κ3) is 3.67. The fourth-order valence-electron chi connectivity index (χ4n) is 0.263. The highest BCUT2D eigenvalue weighted by Crippen LogP contribution is 1.85. The predicted molar refractivity (Wildman–Crippen MR) is 35.3 cm³/mol. The van der Waals surface area contributed by atoms with Gasteiger partial charge in [0.25, 0.3) is 0 Å². The van der Waals surface area contributed by atoms with Crippen LogP contribution in [0.5, 0.6) is 0 Å². The van der Waals surface area contributed by atoms with Crippen molar-refractivity contribution in [1.29, 1.82) is 0 Å². The number of carboxylic acids is 1. The Morgan fingerprint density at radius 1 is 1.40 bits per heavy atom. The summed E-state index contributed by atoms with van der Waals surface area (Å²) in [5, 5.41) is 8.04. The van der Waals surface area contributed by atoms with E-state index < -0.39 is 11.8 Å². The van der Waals surface area contributed by atoms with Crippen molar-refractivity contribution in [3.05, 3.63) is 0 Å². The number of hydrogen-bond donors (Lipinski definition) is 1. The van der Waals surface area contributed by atoms with Gasteiger partial charge in [0, 0.05) is 5.92 Å². The lowest BCUT2D eigenvalue weighted by Crippen LogP contribution is -2.09. The number of rotatable bonds is 1. The van der Waals surface area contributed by atoms with Crippen LogP contribution in [0.25, 0.3) is 0 Å². The Hall–Kier alpha value is -1.30. The van der Waals surface area contributed by atoms with Crippen molar-refractivity contribution < 1.29 is 14.7 Å². The summed E-state index contributed by atoms with van der Waals surface area (Å²) in [4.78, 5) is 20.1. The number of Topliss-reactive ketones (excluding diaryl/α,β-unsaturated/α-hetero) is 1. The number of hydrogen-bond acceptors (Lipinski definition) is 2. The van der Waals surface area contributed by atoms with Crippen molar-refractivity contribution in [3.63, 3.8) is 0 Å². The molecule has 1 N–H and O–H groups in total. The van der Waals surface area contributed by atoms with Crippen LogP contribution in [-0.2, 0) is 9.59 Å².